The fourth-order valence-electron chi connectivity index (χ4n) is 6.04. The molecule has 0 bridgehead atoms. The Balaban J connectivity index is 1.27. The Labute approximate surface area is 240 Å². The highest BCUT2D eigenvalue weighted by Gasteiger charge is 2.68. The highest BCUT2D eigenvalue weighted by atomic mass is 19.1. The zero-order valence-electron chi connectivity index (χ0n) is 23.0. The average molecular weight is 570 g/mol. The number of ether oxygens (including phenoxy) is 2. The van der Waals surface area contributed by atoms with Gasteiger partial charge in [0.1, 0.15) is 39.9 Å². The van der Waals surface area contributed by atoms with Gasteiger partial charge in [-0.25, -0.2) is 9.37 Å². The fraction of sp³-hybridized carbons (Fsp3) is 0.323. The average Bonchev–Trinajstić information content (AvgIpc) is 3.92. The van der Waals surface area contributed by atoms with Gasteiger partial charge in [0, 0.05) is 28.5 Å². The summed E-state index contributed by atoms with van der Waals surface area (Å²) in [7, 11) is 1.50. The number of nitrogens with two attached hydrogens (primary N) is 1. The van der Waals surface area contributed by atoms with Crippen molar-refractivity contribution >= 4 is 22.7 Å². The number of aromatic nitrogens is 3. The summed E-state index contributed by atoms with van der Waals surface area (Å²) in [4.78, 5) is 30.8. The van der Waals surface area contributed by atoms with Crippen LogP contribution in [0.4, 0.5) is 4.39 Å². The molecule has 2 saturated carbocycles. The number of nitrogens with one attached hydrogen (secondary N) is 1. The molecule has 2 fully saturated rings. The molecule has 2 amide bonds. The smallest absolute Gasteiger partial charge is 0.251 e. The Morgan fingerprint density at radius 1 is 1.19 bits per heavy atom. The number of hydrogen-bond donors (Lipinski definition) is 3. The van der Waals surface area contributed by atoms with Crippen molar-refractivity contribution < 1.29 is 28.6 Å². The molecule has 7 rings (SSSR count). The van der Waals surface area contributed by atoms with E-state index < -0.39 is 34.8 Å². The van der Waals surface area contributed by atoms with E-state index in [1.807, 2.05) is 13.0 Å². The Bertz CT molecular complexity index is 1790. The van der Waals surface area contributed by atoms with Crippen LogP contribution in [-0.4, -0.2) is 51.9 Å². The first-order valence-electron chi connectivity index (χ1n) is 13.7. The number of pyridine rings is 1. The summed E-state index contributed by atoms with van der Waals surface area (Å²) in [5.41, 5.74) is 6.66. The highest BCUT2D eigenvalue weighted by molar-refractivity contribution is 6.00. The Morgan fingerprint density at radius 3 is 2.64 bits per heavy atom. The zero-order chi connectivity index (χ0) is 29.4. The number of amides is 2. The lowest BCUT2D eigenvalue weighted by Gasteiger charge is -2.30. The van der Waals surface area contributed by atoms with Crippen LogP contribution in [0.15, 0.2) is 48.5 Å². The first-order valence-corrected chi connectivity index (χ1v) is 13.7. The minimum atomic E-state index is -1.55. The Kier molecular flexibility index (Phi) is 5.74. The summed E-state index contributed by atoms with van der Waals surface area (Å²) >= 11 is 0. The number of methoxy groups -OCH3 is 1. The second kappa shape index (κ2) is 9.18. The van der Waals surface area contributed by atoms with Crippen molar-refractivity contribution in [2.75, 3.05) is 13.7 Å². The maximum atomic E-state index is 13.8. The number of nitrogens with zero attached hydrogens (tertiary/aromatic N) is 3. The van der Waals surface area contributed by atoms with E-state index in [9.17, 15) is 19.1 Å². The molecule has 10 nitrogen and oxygen atoms in total. The van der Waals surface area contributed by atoms with E-state index in [1.54, 1.807) is 30.3 Å². The molecule has 1 aliphatic heterocycles. The van der Waals surface area contributed by atoms with Crippen molar-refractivity contribution in [2.24, 2.45) is 11.7 Å². The molecule has 4 aromatic rings. The molecule has 3 aliphatic rings. The molecule has 0 saturated heterocycles. The molecule has 11 heteroatoms. The van der Waals surface area contributed by atoms with Gasteiger partial charge in [0.25, 0.3) is 5.91 Å². The molecule has 0 radical (unpaired) electrons. The molecular weight excluding hydrogens is 541 g/mol. The number of benzene rings is 2. The molecule has 2 aromatic heterocycles. The molecule has 4 N–H and O–H groups in total. The number of primary amides is 1. The van der Waals surface area contributed by atoms with E-state index in [1.165, 1.54) is 19.2 Å². The van der Waals surface area contributed by atoms with Gasteiger partial charge in [-0.05, 0) is 74.2 Å². The zero-order valence-corrected chi connectivity index (χ0v) is 23.0. The lowest BCUT2D eigenvalue weighted by Crippen LogP contribution is -2.43. The van der Waals surface area contributed by atoms with E-state index in [2.05, 4.69) is 15.5 Å². The second-order valence-corrected chi connectivity index (χ2v) is 11.4. The quantitative estimate of drug-likeness (QED) is 0.293. The summed E-state index contributed by atoms with van der Waals surface area (Å²) in [6.45, 7) is 1.68. The van der Waals surface area contributed by atoms with E-state index in [-0.39, 0.29) is 12.5 Å². The fourth-order valence-corrected chi connectivity index (χ4v) is 6.04. The largest absolute Gasteiger partial charge is 0.494 e. The van der Waals surface area contributed by atoms with E-state index in [4.69, 9.17) is 20.2 Å². The molecule has 0 spiro atoms. The van der Waals surface area contributed by atoms with Gasteiger partial charge in [-0.3, -0.25) is 9.59 Å². The maximum Gasteiger partial charge on any atom is 0.251 e. The minimum Gasteiger partial charge on any atom is -0.494 e. The number of carbonyl (C=O) groups excluding carboxylic acids is 2. The topological polar surface area (TPSA) is 150 Å². The monoisotopic (exact) mass is 569 g/mol. The first kappa shape index (κ1) is 26.3. The summed E-state index contributed by atoms with van der Waals surface area (Å²) in [6.07, 6.45) is 1.50. The van der Waals surface area contributed by atoms with Gasteiger partial charge in [0.2, 0.25) is 5.91 Å². The third-order valence-corrected chi connectivity index (χ3v) is 8.64. The summed E-state index contributed by atoms with van der Waals surface area (Å²) in [5.74, 6) is -0.694. The SMILES string of the molecule is COc1cc(C(=O)NCC(O)(c2cc3c(c(-c4ccc(F)cc4)n2)OC2C[C@@]32C(N)=O)C2CC2)cc2cc(C)nnc12. The Morgan fingerprint density at radius 2 is 1.95 bits per heavy atom. The maximum absolute atomic E-state index is 13.8. The van der Waals surface area contributed by atoms with Crippen LogP contribution in [0.2, 0.25) is 0 Å². The van der Waals surface area contributed by atoms with E-state index in [0.717, 1.165) is 12.8 Å². The van der Waals surface area contributed by atoms with E-state index >= 15 is 0 Å². The van der Waals surface area contributed by atoms with Crippen molar-refractivity contribution in [1.82, 2.24) is 20.5 Å². The van der Waals surface area contributed by atoms with Crippen LogP contribution >= 0.6 is 0 Å². The number of aliphatic hydroxyl groups is 1. The van der Waals surface area contributed by atoms with Gasteiger partial charge in [0.05, 0.1) is 25.0 Å². The Hall–Kier alpha value is -4.64. The first-order chi connectivity index (χ1) is 20.1. The number of fused-ring (bicyclic) bond motifs is 4. The lowest BCUT2D eigenvalue weighted by atomic mass is 9.87. The van der Waals surface area contributed by atoms with Crippen LogP contribution in [0.1, 0.15) is 46.6 Å². The number of halogens is 1. The van der Waals surface area contributed by atoms with Gasteiger partial charge in [-0.15, -0.1) is 5.10 Å². The van der Waals surface area contributed by atoms with E-state index in [0.29, 0.717) is 62.6 Å². The molecule has 3 heterocycles. The normalized spacial score (nSPS) is 21.6. The molecule has 2 aromatic carbocycles. The van der Waals surface area contributed by atoms with Crippen LogP contribution in [0, 0.1) is 18.7 Å². The summed E-state index contributed by atoms with van der Waals surface area (Å²) in [5, 5.41) is 24.0. The summed E-state index contributed by atoms with van der Waals surface area (Å²) in [6, 6.07) is 12.6. The van der Waals surface area contributed by atoms with Gasteiger partial charge in [-0.2, -0.15) is 5.10 Å². The predicted molar refractivity (Wildman–Crippen MR) is 149 cm³/mol. The van der Waals surface area contributed by atoms with Crippen LogP contribution in [-0.2, 0) is 15.8 Å². The van der Waals surface area contributed by atoms with Crippen molar-refractivity contribution in [3.05, 3.63) is 76.9 Å². The lowest BCUT2D eigenvalue weighted by molar-refractivity contribution is -0.120. The minimum absolute atomic E-state index is 0.132. The molecule has 2 aliphatic carbocycles. The predicted octanol–water partition coefficient (Wildman–Crippen LogP) is 3.06. The van der Waals surface area contributed by atoms with Crippen LogP contribution in [0.25, 0.3) is 22.2 Å². The third kappa shape index (κ3) is 3.98. The molecule has 42 heavy (non-hydrogen) atoms. The highest BCUT2D eigenvalue weighted by Crippen LogP contribution is 2.61. The van der Waals surface area contributed by atoms with Crippen molar-refractivity contribution in [1.29, 1.82) is 0 Å². The van der Waals surface area contributed by atoms with Gasteiger partial charge in [0.15, 0.2) is 5.75 Å². The summed E-state index contributed by atoms with van der Waals surface area (Å²) < 4.78 is 25.3. The number of rotatable bonds is 8. The van der Waals surface area contributed by atoms with Crippen LogP contribution in [0.5, 0.6) is 11.5 Å². The number of carbonyl (C=O) groups is 2. The van der Waals surface area contributed by atoms with Gasteiger partial charge >= 0.3 is 0 Å². The molecule has 214 valence electrons. The third-order valence-electron chi connectivity index (χ3n) is 8.64. The molecular formula is C31H28FN5O5. The van der Waals surface area contributed by atoms with Crippen molar-refractivity contribution in [3.8, 4) is 22.8 Å². The van der Waals surface area contributed by atoms with Crippen molar-refractivity contribution in [3.63, 3.8) is 0 Å². The molecule has 3 atom stereocenters. The van der Waals surface area contributed by atoms with Gasteiger partial charge < -0.3 is 25.6 Å². The standard InChI is InChI=1S/C31H28FN5O5/c1-15-9-17-10-18(11-22(41-2)25(17)37-36-15)28(38)34-14-31(40,19-5-6-19)23-12-21-27(42-24-13-30(21,24)29(33)39)26(35-23)16-3-7-20(32)8-4-16/h3-4,7-12,19,24,40H,5-6,13-14H2,1-2H3,(H2,33,39)(H,34,38)/t24?,30-,31?/m1/s1. The number of aryl methyl sites for hydroxylation is 1. The molecule has 2 unspecified atom stereocenters. The number of hydrogen-bond acceptors (Lipinski definition) is 8. The second-order valence-electron chi connectivity index (χ2n) is 11.4. The van der Waals surface area contributed by atoms with Crippen LogP contribution < -0.4 is 20.5 Å². The van der Waals surface area contributed by atoms with Crippen LogP contribution in [0.3, 0.4) is 0 Å². The van der Waals surface area contributed by atoms with Gasteiger partial charge in [-0.1, -0.05) is 0 Å². The van der Waals surface area contributed by atoms with Crippen molar-refractivity contribution in [2.45, 2.75) is 43.3 Å².